The van der Waals surface area contributed by atoms with Gasteiger partial charge in [-0.3, -0.25) is 0 Å². The van der Waals surface area contributed by atoms with Gasteiger partial charge in [0.15, 0.2) is 0 Å². The van der Waals surface area contributed by atoms with Crippen molar-refractivity contribution >= 4 is 11.6 Å². The highest BCUT2D eigenvalue weighted by Gasteiger charge is 2.25. The van der Waals surface area contributed by atoms with E-state index in [4.69, 9.17) is 5.84 Å². The first-order valence-corrected chi connectivity index (χ1v) is 7.27. The van der Waals surface area contributed by atoms with Crippen molar-refractivity contribution < 1.29 is 0 Å². The minimum Gasteiger partial charge on any atom is -0.355 e. The fraction of sp³-hybridized carbons (Fsp3) is 0.714. The van der Waals surface area contributed by atoms with Crippen LogP contribution in [0.1, 0.15) is 38.2 Å². The number of aromatic nitrogens is 2. The van der Waals surface area contributed by atoms with Crippen molar-refractivity contribution in [2.75, 3.05) is 37.5 Å². The summed E-state index contributed by atoms with van der Waals surface area (Å²) in [7, 11) is 4.30. The van der Waals surface area contributed by atoms with Crippen molar-refractivity contribution in [1.29, 1.82) is 0 Å². The van der Waals surface area contributed by atoms with Gasteiger partial charge in [-0.2, -0.15) is 0 Å². The SMILES string of the molecule is CC(C)c1c(NN)ncnc1N(C)C1CCCN(C)C1. The van der Waals surface area contributed by atoms with Gasteiger partial charge in [0.05, 0.1) is 0 Å². The van der Waals surface area contributed by atoms with Crippen molar-refractivity contribution in [2.24, 2.45) is 5.84 Å². The molecule has 1 fully saturated rings. The average Bonchev–Trinajstić information content (AvgIpc) is 2.45. The number of likely N-dealkylation sites (tertiary alicyclic amines) is 1. The van der Waals surface area contributed by atoms with Crippen molar-refractivity contribution in [2.45, 2.75) is 38.6 Å². The van der Waals surface area contributed by atoms with E-state index in [1.165, 1.54) is 19.4 Å². The summed E-state index contributed by atoms with van der Waals surface area (Å²) in [5.41, 5.74) is 3.78. The Balaban J connectivity index is 2.31. The van der Waals surface area contributed by atoms with Gasteiger partial charge in [0.2, 0.25) is 0 Å². The second kappa shape index (κ2) is 6.37. The van der Waals surface area contributed by atoms with Gasteiger partial charge < -0.3 is 15.2 Å². The number of nitrogen functional groups attached to an aromatic ring is 1. The van der Waals surface area contributed by atoms with Crippen LogP contribution in [0.25, 0.3) is 0 Å². The number of hydrogen-bond acceptors (Lipinski definition) is 6. The lowest BCUT2D eigenvalue weighted by Crippen LogP contribution is -2.45. The normalized spacial score (nSPS) is 20.2. The predicted octanol–water partition coefficient (Wildman–Crippen LogP) is 1.42. The summed E-state index contributed by atoms with van der Waals surface area (Å²) < 4.78 is 0. The summed E-state index contributed by atoms with van der Waals surface area (Å²) >= 11 is 0. The summed E-state index contributed by atoms with van der Waals surface area (Å²) in [6.45, 7) is 6.54. The first kappa shape index (κ1) is 15.0. The molecule has 0 amide bonds. The van der Waals surface area contributed by atoms with E-state index in [1.807, 2.05) is 0 Å². The standard InChI is InChI=1S/C14H26N6/c1-10(2)12-13(18-15)16-9-17-14(12)20(4)11-6-5-7-19(3)8-11/h9-11H,5-8,15H2,1-4H3,(H,16,17,18). The molecule has 1 aromatic rings. The highest BCUT2D eigenvalue weighted by atomic mass is 15.3. The highest BCUT2D eigenvalue weighted by Crippen LogP contribution is 2.31. The number of nitrogens with zero attached hydrogens (tertiary/aromatic N) is 4. The zero-order chi connectivity index (χ0) is 14.7. The molecule has 20 heavy (non-hydrogen) atoms. The first-order chi connectivity index (χ1) is 9.54. The van der Waals surface area contributed by atoms with Crippen LogP contribution in [-0.2, 0) is 0 Å². The fourth-order valence-corrected chi connectivity index (χ4v) is 2.94. The molecule has 0 aromatic carbocycles. The van der Waals surface area contributed by atoms with Crippen molar-refractivity contribution in [3.8, 4) is 0 Å². The zero-order valence-corrected chi connectivity index (χ0v) is 12.9. The number of hydrogen-bond donors (Lipinski definition) is 2. The minimum absolute atomic E-state index is 0.320. The molecule has 0 spiro atoms. The number of anilines is 2. The van der Waals surface area contributed by atoms with Gasteiger partial charge in [0.25, 0.3) is 0 Å². The molecular weight excluding hydrogens is 252 g/mol. The molecule has 0 saturated carbocycles. The average molecular weight is 278 g/mol. The molecule has 6 heteroatoms. The van der Waals surface area contributed by atoms with Crippen LogP contribution < -0.4 is 16.2 Å². The summed E-state index contributed by atoms with van der Waals surface area (Å²) in [5.74, 6) is 7.62. The maximum absolute atomic E-state index is 5.59. The molecule has 1 atom stereocenters. The largest absolute Gasteiger partial charge is 0.355 e. The number of piperidine rings is 1. The zero-order valence-electron chi connectivity index (χ0n) is 12.9. The fourth-order valence-electron chi connectivity index (χ4n) is 2.94. The Morgan fingerprint density at radius 1 is 1.45 bits per heavy atom. The van der Waals surface area contributed by atoms with Crippen molar-refractivity contribution in [3.63, 3.8) is 0 Å². The third-order valence-electron chi connectivity index (χ3n) is 4.06. The molecule has 1 aliphatic rings. The van der Waals surface area contributed by atoms with E-state index in [0.717, 1.165) is 23.7 Å². The molecule has 112 valence electrons. The topological polar surface area (TPSA) is 70.3 Å². The van der Waals surface area contributed by atoms with Gasteiger partial charge in [-0.25, -0.2) is 15.8 Å². The third-order valence-corrected chi connectivity index (χ3v) is 4.06. The first-order valence-electron chi connectivity index (χ1n) is 7.27. The third kappa shape index (κ3) is 3.02. The highest BCUT2D eigenvalue weighted by molar-refractivity contribution is 5.60. The van der Waals surface area contributed by atoms with E-state index in [-0.39, 0.29) is 0 Å². The lowest BCUT2D eigenvalue weighted by atomic mass is 10.0. The van der Waals surface area contributed by atoms with Crippen LogP contribution in [-0.4, -0.2) is 48.1 Å². The minimum atomic E-state index is 0.320. The molecule has 1 aromatic heterocycles. The van der Waals surface area contributed by atoms with Crippen LogP contribution in [0.3, 0.4) is 0 Å². The molecule has 2 rings (SSSR count). The molecule has 0 aliphatic carbocycles. The molecule has 0 bridgehead atoms. The van der Waals surface area contributed by atoms with Crippen LogP contribution in [0.15, 0.2) is 6.33 Å². The number of likely N-dealkylation sites (N-methyl/N-ethyl adjacent to an activating group) is 2. The Morgan fingerprint density at radius 2 is 2.20 bits per heavy atom. The van der Waals surface area contributed by atoms with E-state index in [9.17, 15) is 0 Å². The molecule has 0 radical (unpaired) electrons. The van der Waals surface area contributed by atoms with E-state index in [2.05, 4.69) is 53.1 Å². The summed E-state index contributed by atoms with van der Waals surface area (Å²) in [6.07, 6.45) is 4.02. The molecule has 6 nitrogen and oxygen atoms in total. The van der Waals surface area contributed by atoms with Crippen LogP contribution in [0, 0.1) is 0 Å². The smallest absolute Gasteiger partial charge is 0.148 e. The van der Waals surface area contributed by atoms with Crippen LogP contribution in [0.4, 0.5) is 11.6 Å². The molecule has 1 unspecified atom stereocenters. The molecular formula is C14H26N6. The molecule has 1 saturated heterocycles. The summed E-state index contributed by atoms with van der Waals surface area (Å²) in [6, 6.07) is 0.492. The number of nitrogens with one attached hydrogen (secondary N) is 1. The van der Waals surface area contributed by atoms with Crippen LogP contribution in [0.5, 0.6) is 0 Å². The maximum Gasteiger partial charge on any atom is 0.148 e. The molecule has 2 heterocycles. The Bertz CT molecular complexity index is 447. The second-order valence-corrected chi connectivity index (χ2v) is 5.93. The Labute approximate surface area is 121 Å². The lowest BCUT2D eigenvalue weighted by Gasteiger charge is -2.37. The summed E-state index contributed by atoms with van der Waals surface area (Å²) in [5, 5.41) is 0. The van der Waals surface area contributed by atoms with Gasteiger partial charge in [-0.1, -0.05) is 13.8 Å². The maximum atomic E-state index is 5.59. The number of hydrazine groups is 1. The van der Waals surface area contributed by atoms with Gasteiger partial charge in [-0.15, -0.1) is 0 Å². The van der Waals surface area contributed by atoms with Crippen molar-refractivity contribution in [1.82, 2.24) is 14.9 Å². The number of nitrogens with two attached hydrogens (primary N) is 1. The van der Waals surface area contributed by atoms with E-state index in [0.29, 0.717) is 12.0 Å². The monoisotopic (exact) mass is 278 g/mol. The van der Waals surface area contributed by atoms with Crippen LogP contribution >= 0.6 is 0 Å². The van der Waals surface area contributed by atoms with Gasteiger partial charge >= 0.3 is 0 Å². The Kier molecular flexibility index (Phi) is 4.77. The second-order valence-electron chi connectivity index (χ2n) is 5.93. The molecule has 3 N–H and O–H groups in total. The van der Waals surface area contributed by atoms with Gasteiger partial charge in [-0.05, 0) is 32.4 Å². The predicted molar refractivity (Wildman–Crippen MR) is 82.9 cm³/mol. The quantitative estimate of drug-likeness (QED) is 0.641. The number of rotatable bonds is 4. The summed E-state index contributed by atoms with van der Waals surface area (Å²) in [4.78, 5) is 13.4. The Morgan fingerprint density at radius 3 is 2.80 bits per heavy atom. The van der Waals surface area contributed by atoms with Crippen molar-refractivity contribution in [3.05, 3.63) is 11.9 Å². The van der Waals surface area contributed by atoms with E-state index < -0.39 is 0 Å². The van der Waals surface area contributed by atoms with Gasteiger partial charge in [0, 0.05) is 25.2 Å². The van der Waals surface area contributed by atoms with Gasteiger partial charge in [0.1, 0.15) is 18.0 Å². The van der Waals surface area contributed by atoms with Crippen LogP contribution in [0.2, 0.25) is 0 Å². The lowest BCUT2D eigenvalue weighted by molar-refractivity contribution is 0.247. The molecule has 1 aliphatic heterocycles. The van der Waals surface area contributed by atoms with E-state index in [1.54, 1.807) is 6.33 Å². The van der Waals surface area contributed by atoms with E-state index >= 15 is 0 Å². The Hall–Kier alpha value is -1.40.